The second kappa shape index (κ2) is 7.88. The third kappa shape index (κ3) is 3.90. The van der Waals surface area contributed by atoms with Crippen LogP contribution in [0.2, 0.25) is 0 Å². The van der Waals surface area contributed by atoms with Crippen LogP contribution in [0, 0.1) is 5.92 Å². The molecule has 1 aromatic heterocycles. The number of methoxy groups -OCH3 is 2. The summed E-state index contributed by atoms with van der Waals surface area (Å²) in [7, 11) is 3.24. The van der Waals surface area contributed by atoms with Gasteiger partial charge in [0.25, 0.3) is 5.91 Å². The number of ether oxygens (including phenoxy) is 2. The predicted octanol–water partition coefficient (Wildman–Crippen LogP) is 3.17. The van der Waals surface area contributed by atoms with Gasteiger partial charge in [0, 0.05) is 30.3 Å². The molecule has 2 aromatic rings. The fraction of sp³-hybridized carbons (Fsp3) is 0.500. The number of amides is 1. The number of benzene rings is 1. The molecule has 23 heavy (non-hydrogen) atoms. The molecule has 0 saturated carbocycles. The summed E-state index contributed by atoms with van der Waals surface area (Å²) in [6.45, 7) is 4.51. The molecule has 0 saturated heterocycles. The molecule has 0 aliphatic heterocycles. The van der Waals surface area contributed by atoms with E-state index in [4.69, 9.17) is 9.47 Å². The van der Waals surface area contributed by atoms with Crippen molar-refractivity contribution >= 4 is 39.2 Å². The highest BCUT2D eigenvalue weighted by Crippen LogP contribution is 2.33. The summed E-state index contributed by atoms with van der Waals surface area (Å²) < 4.78 is 13.9. The number of fused-ring (bicyclic) bond motifs is 1. The van der Waals surface area contributed by atoms with Crippen molar-refractivity contribution in [2.45, 2.75) is 20.4 Å². The molecule has 5 nitrogen and oxygen atoms in total. The summed E-state index contributed by atoms with van der Waals surface area (Å²) in [6, 6.07) is 3.89. The average molecular weight is 354 g/mol. The molecule has 1 aromatic carbocycles. The zero-order chi connectivity index (χ0) is 17.0. The zero-order valence-electron chi connectivity index (χ0n) is 14.1. The molecule has 1 amide bonds. The van der Waals surface area contributed by atoms with Gasteiger partial charge < -0.3 is 14.0 Å². The van der Waals surface area contributed by atoms with Crippen molar-refractivity contribution in [1.82, 2.24) is 4.57 Å². The number of aryl methyl sites for hydroxylation is 1. The molecule has 0 N–H and O–H groups in total. The van der Waals surface area contributed by atoms with Gasteiger partial charge in [-0.3, -0.25) is 4.79 Å². The molecule has 1 heterocycles. The highest BCUT2D eigenvalue weighted by Gasteiger charge is 2.14. The van der Waals surface area contributed by atoms with Gasteiger partial charge in [-0.2, -0.15) is 16.8 Å². The number of nitrogens with zero attached hydrogens (tertiary/aromatic N) is 2. The summed E-state index contributed by atoms with van der Waals surface area (Å²) >= 11 is 3.26. The number of rotatable bonds is 6. The smallest absolute Gasteiger partial charge is 0.250 e. The van der Waals surface area contributed by atoms with Gasteiger partial charge in [-0.1, -0.05) is 25.2 Å². The van der Waals surface area contributed by atoms with Gasteiger partial charge in [0.05, 0.1) is 24.4 Å². The molecular weight excluding hydrogens is 332 g/mol. The van der Waals surface area contributed by atoms with Crippen molar-refractivity contribution in [3.8, 4) is 11.5 Å². The van der Waals surface area contributed by atoms with E-state index in [1.807, 2.05) is 26.0 Å². The first kappa shape index (κ1) is 17.9. The van der Waals surface area contributed by atoms with Gasteiger partial charge in [0.15, 0.2) is 16.3 Å². The molecule has 126 valence electrons. The van der Waals surface area contributed by atoms with Crippen molar-refractivity contribution in [2.75, 3.05) is 26.2 Å². The number of thioether (sulfide) groups is 1. The fourth-order valence-electron chi connectivity index (χ4n) is 2.10. The normalized spacial score (nSPS) is 12.2. The molecule has 0 bridgehead atoms. The molecule has 0 aliphatic carbocycles. The first-order valence-corrected chi connectivity index (χ1v) is 9.55. The van der Waals surface area contributed by atoms with Gasteiger partial charge in [-0.25, -0.2) is 0 Å². The Morgan fingerprint density at radius 3 is 2.52 bits per heavy atom. The quantitative estimate of drug-likeness (QED) is 0.799. The second-order valence-electron chi connectivity index (χ2n) is 5.31. The first-order valence-electron chi connectivity index (χ1n) is 7.34. The van der Waals surface area contributed by atoms with E-state index in [9.17, 15) is 4.79 Å². The number of carbonyl (C=O) groups excluding carboxylic acids is 1. The van der Waals surface area contributed by atoms with Gasteiger partial charge >= 0.3 is 0 Å². The van der Waals surface area contributed by atoms with E-state index in [0.29, 0.717) is 11.5 Å². The van der Waals surface area contributed by atoms with Crippen LogP contribution in [-0.4, -0.2) is 36.7 Å². The second-order valence-corrected chi connectivity index (χ2v) is 7.30. The van der Waals surface area contributed by atoms with Crippen molar-refractivity contribution in [2.24, 2.45) is 10.9 Å². The Morgan fingerprint density at radius 2 is 1.96 bits per heavy atom. The Balaban J connectivity index is 2.68. The Hall–Kier alpha value is -1.47. The summed E-state index contributed by atoms with van der Waals surface area (Å²) in [5.41, 5.74) is 1.01. The maximum atomic E-state index is 12.0. The highest BCUT2D eigenvalue weighted by molar-refractivity contribution is 7.98. The van der Waals surface area contributed by atoms with Crippen molar-refractivity contribution in [3.63, 3.8) is 0 Å². The lowest BCUT2D eigenvalue weighted by Crippen LogP contribution is -2.19. The lowest BCUT2D eigenvalue weighted by Gasteiger charge is -2.09. The molecule has 0 unspecified atom stereocenters. The molecule has 0 aliphatic rings. The summed E-state index contributed by atoms with van der Waals surface area (Å²) in [5, 5.41) is 0. The van der Waals surface area contributed by atoms with E-state index < -0.39 is 0 Å². The average Bonchev–Trinajstić information content (AvgIpc) is 2.87. The van der Waals surface area contributed by atoms with E-state index in [-0.39, 0.29) is 11.8 Å². The van der Waals surface area contributed by atoms with Crippen molar-refractivity contribution < 1.29 is 14.3 Å². The molecular formula is C16H22N2O3S2. The summed E-state index contributed by atoms with van der Waals surface area (Å²) in [5.74, 6) is 2.09. The van der Waals surface area contributed by atoms with E-state index in [1.54, 1.807) is 26.0 Å². The van der Waals surface area contributed by atoms with Gasteiger partial charge in [-0.05, 0) is 6.26 Å². The van der Waals surface area contributed by atoms with Crippen LogP contribution < -0.4 is 14.3 Å². The van der Waals surface area contributed by atoms with Crippen LogP contribution in [0.15, 0.2) is 17.1 Å². The van der Waals surface area contributed by atoms with Gasteiger partial charge in [-0.15, -0.1) is 0 Å². The monoisotopic (exact) mass is 354 g/mol. The molecule has 0 radical (unpaired) electrons. The minimum Gasteiger partial charge on any atom is -0.493 e. The van der Waals surface area contributed by atoms with Crippen molar-refractivity contribution in [1.29, 1.82) is 0 Å². The minimum absolute atomic E-state index is 0.103. The molecule has 2 rings (SSSR count). The maximum absolute atomic E-state index is 12.0. The van der Waals surface area contributed by atoms with Crippen molar-refractivity contribution in [3.05, 3.63) is 16.9 Å². The summed E-state index contributed by atoms with van der Waals surface area (Å²) in [4.78, 5) is 17.1. The lowest BCUT2D eigenvalue weighted by atomic mass is 10.2. The fourth-order valence-corrected chi connectivity index (χ4v) is 3.54. The van der Waals surface area contributed by atoms with Gasteiger partial charge in [0.2, 0.25) is 0 Å². The Morgan fingerprint density at radius 1 is 1.30 bits per heavy atom. The van der Waals surface area contributed by atoms with E-state index in [0.717, 1.165) is 27.3 Å². The molecule has 7 heteroatoms. The SMILES string of the molecule is COc1cc2sc(=NC(=O)C(C)C)n(CCSC)c2cc1OC. The van der Waals surface area contributed by atoms with Crippen LogP contribution in [0.25, 0.3) is 10.2 Å². The predicted molar refractivity (Wildman–Crippen MR) is 96.7 cm³/mol. The Bertz CT molecular complexity index is 763. The molecule has 0 fully saturated rings. The van der Waals surface area contributed by atoms with Crippen LogP contribution in [0.4, 0.5) is 0 Å². The Kier molecular flexibility index (Phi) is 6.12. The third-order valence-corrected chi connectivity index (χ3v) is 5.04. The number of hydrogen-bond acceptors (Lipinski definition) is 5. The zero-order valence-corrected chi connectivity index (χ0v) is 15.7. The van der Waals surface area contributed by atoms with Crippen LogP contribution >= 0.6 is 23.1 Å². The topological polar surface area (TPSA) is 52.8 Å². The van der Waals surface area contributed by atoms with Crippen LogP contribution in [0.3, 0.4) is 0 Å². The number of hydrogen-bond donors (Lipinski definition) is 0. The Labute approximate surface area is 144 Å². The van der Waals surface area contributed by atoms with Crippen LogP contribution in [0.1, 0.15) is 13.8 Å². The molecule has 0 spiro atoms. The third-order valence-electron chi connectivity index (χ3n) is 3.41. The number of aromatic nitrogens is 1. The van der Waals surface area contributed by atoms with Gasteiger partial charge in [0.1, 0.15) is 0 Å². The van der Waals surface area contributed by atoms with Crippen LogP contribution in [-0.2, 0) is 11.3 Å². The van der Waals surface area contributed by atoms with E-state index in [1.165, 1.54) is 11.3 Å². The maximum Gasteiger partial charge on any atom is 0.250 e. The van der Waals surface area contributed by atoms with E-state index in [2.05, 4.69) is 15.8 Å². The highest BCUT2D eigenvalue weighted by atomic mass is 32.2. The largest absolute Gasteiger partial charge is 0.493 e. The van der Waals surface area contributed by atoms with Crippen LogP contribution in [0.5, 0.6) is 11.5 Å². The lowest BCUT2D eigenvalue weighted by molar-refractivity contribution is -0.120. The standard InChI is InChI=1S/C16H22N2O3S2/c1-10(2)15(19)17-16-18(6-7-22-5)11-8-12(20-3)13(21-4)9-14(11)23-16/h8-10H,6-7H2,1-5H3. The summed E-state index contributed by atoms with van der Waals surface area (Å²) in [6.07, 6.45) is 2.06. The number of thiazole rings is 1. The first-order chi connectivity index (χ1) is 11.0. The minimum atomic E-state index is -0.113. The molecule has 0 atom stereocenters. The number of carbonyl (C=O) groups is 1. The van der Waals surface area contributed by atoms with E-state index >= 15 is 0 Å².